The van der Waals surface area contributed by atoms with Crippen molar-refractivity contribution in [2.75, 3.05) is 0 Å². The Labute approximate surface area is 73.2 Å². The van der Waals surface area contributed by atoms with Gasteiger partial charge in [-0.1, -0.05) is 6.92 Å². The quantitative estimate of drug-likeness (QED) is 0.671. The van der Waals surface area contributed by atoms with Crippen LogP contribution >= 0.6 is 0 Å². The molecule has 0 amide bonds. The normalized spacial score (nSPS) is 31.8. The van der Waals surface area contributed by atoms with Crippen LogP contribution in [0.2, 0.25) is 0 Å². The van der Waals surface area contributed by atoms with Crippen LogP contribution in [0.5, 0.6) is 0 Å². The number of carboxylic acid groups (broad SMARTS) is 1. The Bertz CT molecular complexity index is 170. The molecule has 0 radical (unpaired) electrons. The second-order valence-electron chi connectivity index (χ2n) is 3.84. The minimum atomic E-state index is -0.755. The molecule has 0 aromatic rings. The third-order valence-corrected chi connectivity index (χ3v) is 2.55. The topological polar surface area (TPSA) is 49.3 Å². The van der Waals surface area contributed by atoms with Crippen molar-refractivity contribution in [3.05, 3.63) is 0 Å². The molecule has 70 valence electrons. The van der Waals surface area contributed by atoms with Crippen LogP contribution in [0, 0.1) is 5.92 Å². The first kappa shape index (κ1) is 9.52. The second-order valence-corrected chi connectivity index (χ2v) is 3.84. The predicted octanol–water partition coefficient (Wildman–Crippen LogP) is 1.24. The van der Waals surface area contributed by atoms with Gasteiger partial charge in [-0.25, -0.2) is 0 Å². The Morgan fingerprint density at radius 3 is 2.67 bits per heavy atom. The van der Waals surface area contributed by atoms with E-state index in [1.54, 1.807) is 6.92 Å². The van der Waals surface area contributed by atoms with Crippen LogP contribution in [0.3, 0.4) is 0 Å². The van der Waals surface area contributed by atoms with Gasteiger partial charge in [0, 0.05) is 6.04 Å². The minimum Gasteiger partial charge on any atom is -0.480 e. The highest BCUT2D eigenvalue weighted by molar-refractivity contribution is 5.72. The lowest BCUT2D eigenvalue weighted by Gasteiger charge is -2.15. The highest BCUT2D eigenvalue weighted by Crippen LogP contribution is 2.24. The summed E-state index contributed by atoms with van der Waals surface area (Å²) in [5, 5.41) is 11.8. The van der Waals surface area contributed by atoms with Crippen molar-refractivity contribution < 1.29 is 9.90 Å². The van der Waals surface area contributed by atoms with Gasteiger partial charge in [-0.2, -0.15) is 0 Å². The van der Waals surface area contributed by atoms with E-state index in [-0.39, 0.29) is 0 Å². The van der Waals surface area contributed by atoms with Crippen molar-refractivity contribution in [3.8, 4) is 0 Å². The van der Waals surface area contributed by atoms with Crippen LogP contribution < -0.4 is 5.32 Å². The van der Waals surface area contributed by atoms with Crippen molar-refractivity contribution in [1.29, 1.82) is 0 Å². The molecule has 0 bridgehead atoms. The molecule has 0 spiro atoms. The number of carbonyl (C=O) groups is 1. The van der Waals surface area contributed by atoms with Crippen molar-refractivity contribution in [3.63, 3.8) is 0 Å². The zero-order valence-corrected chi connectivity index (χ0v) is 7.71. The molecule has 3 unspecified atom stereocenters. The average molecular weight is 171 g/mol. The van der Waals surface area contributed by atoms with E-state index in [0.29, 0.717) is 6.04 Å². The maximum atomic E-state index is 10.5. The summed E-state index contributed by atoms with van der Waals surface area (Å²) in [6.07, 6.45) is 3.47. The van der Waals surface area contributed by atoms with Crippen LogP contribution in [-0.2, 0) is 4.79 Å². The first-order valence-corrected chi connectivity index (χ1v) is 4.58. The van der Waals surface area contributed by atoms with E-state index in [2.05, 4.69) is 12.2 Å². The molecule has 3 nitrogen and oxygen atoms in total. The Hall–Kier alpha value is -0.570. The molecule has 0 heterocycles. The zero-order chi connectivity index (χ0) is 9.14. The van der Waals surface area contributed by atoms with E-state index >= 15 is 0 Å². The highest BCUT2D eigenvalue weighted by atomic mass is 16.4. The van der Waals surface area contributed by atoms with Crippen LogP contribution in [0.1, 0.15) is 33.1 Å². The van der Waals surface area contributed by atoms with Gasteiger partial charge in [-0.15, -0.1) is 0 Å². The van der Waals surface area contributed by atoms with Gasteiger partial charge in [-0.05, 0) is 32.1 Å². The fourth-order valence-corrected chi connectivity index (χ4v) is 1.78. The van der Waals surface area contributed by atoms with Crippen LogP contribution in [0.25, 0.3) is 0 Å². The number of aliphatic carboxylic acids is 1. The smallest absolute Gasteiger partial charge is 0.320 e. The van der Waals surface area contributed by atoms with Gasteiger partial charge in [0.1, 0.15) is 6.04 Å². The maximum absolute atomic E-state index is 10.5. The van der Waals surface area contributed by atoms with Crippen LogP contribution in [-0.4, -0.2) is 23.2 Å². The molecule has 1 aliphatic carbocycles. The van der Waals surface area contributed by atoms with Crippen LogP contribution in [0.15, 0.2) is 0 Å². The Balaban J connectivity index is 2.27. The van der Waals surface area contributed by atoms with Crippen LogP contribution in [0.4, 0.5) is 0 Å². The van der Waals surface area contributed by atoms with Crippen molar-refractivity contribution >= 4 is 5.97 Å². The number of hydrogen-bond donors (Lipinski definition) is 2. The molecule has 2 N–H and O–H groups in total. The third kappa shape index (κ3) is 2.48. The lowest BCUT2D eigenvalue weighted by atomic mass is 10.1. The summed E-state index contributed by atoms with van der Waals surface area (Å²) in [6.45, 7) is 3.92. The standard InChI is InChI=1S/C9H17NO2/c1-6-3-4-8(5-6)10-7(2)9(11)12/h6-8,10H,3-5H2,1-2H3,(H,11,12). The second kappa shape index (κ2) is 3.90. The molecule has 12 heavy (non-hydrogen) atoms. The van der Waals surface area contributed by atoms with Gasteiger partial charge in [0.25, 0.3) is 0 Å². The molecule has 1 fully saturated rings. The van der Waals surface area contributed by atoms with E-state index in [9.17, 15) is 4.79 Å². The van der Waals surface area contributed by atoms with Crippen molar-refractivity contribution in [2.24, 2.45) is 5.92 Å². The van der Waals surface area contributed by atoms with Gasteiger partial charge in [0.2, 0.25) is 0 Å². The number of nitrogens with one attached hydrogen (secondary N) is 1. The molecule has 1 aliphatic rings. The predicted molar refractivity (Wildman–Crippen MR) is 47.0 cm³/mol. The molecule has 1 saturated carbocycles. The number of rotatable bonds is 3. The summed E-state index contributed by atoms with van der Waals surface area (Å²) >= 11 is 0. The van der Waals surface area contributed by atoms with E-state index in [0.717, 1.165) is 18.8 Å². The van der Waals surface area contributed by atoms with Gasteiger partial charge in [-0.3, -0.25) is 4.79 Å². The summed E-state index contributed by atoms with van der Waals surface area (Å²) in [6, 6.07) is 0.0198. The Morgan fingerprint density at radius 1 is 1.58 bits per heavy atom. The Kier molecular flexibility index (Phi) is 3.09. The van der Waals surface area contributed by atoms with E-state index in [1.807, 2.05) is 0 Å². The lowest BCUT2D eigenvalue weighted by Crippen LogP contribution is -2.40. The first-order chi connectivity index (χ1) is 5.59. The van der Waals surface area contributed by atoms with Gasteiger partial charge in [0.05, 0.1) is 0 Å². The minimum absolute atomic E-state index is 0.403. The molecule has 0 saturated heterocycles. The fraction of sp³-hybridized carbons (Fsp3) is 0.889. The Morgan fingerprint density at radius 2 is 2.25 bits per heavy atom. The average Bonchev–Trinajstić information content (AvgIpc) is 2.35. The summed E-state index contributed by atoms with van der Waals surface area (Å²) in [4.78, 5) is 10.5. The van der Waals surface area contributed by atoms with Gasteiger partial charge >= 0.3 is 5.97 Å². The maximum Gasteiger partial charge on any atom is 0.320 e. The summed E-state index contributed by atoms with van der Waals surface area (Å²) < 4.78 is 0. The fourth-order valence-electron chi connectivity index (χ4n) is 1.78. The van der Waals surface area contributed by atoms with E-state index < -0.39 is 12.0 Å². The van der Waals surface area contributed by atoms with Gasteiger partial charge < -0.3 is 10.4 Å². The van der Waals surface area contributed by atoms with E-state index in [4.69, 9.17) is 5.11 Å². The first-order valence-electron chi connectivity index (χ1n) is 4.58. The highest BCUT2D eigenvalue weighted by Gasteiger charge is 2.24. The SMILES string of the molecule is CC1CCC(NC(C)C(=O)O)C1. The molecule has 0 aromatic carbocycles. The van der Waals surface area contributed by atoms with E-state index in [1.165, 1.54) is 6.42 Å². The summed E-state index contributed by atoms with van der Waals surface area (Å²) in [5.74, 6) is -0.00181. The molecule has 0 aliphatic heterocycles. The zero-order valence-electron chi connectivity index (χ0n) is 7.71. The molecule has 1 rings (SSSR count). The number of hydrogen-bond acceptors (Lipinski definition) is 2. The monoisotopic (exact) mass is 171 g/mol. The van der Waals surface area contributed by atoms with Crippen molar-refractivity contribution in [2.45, 2.75) is 45.2 Å². The molecule has 3 heteroatoms. The summed E-state index contributed by atoms with van der Waals surface area (Å²) in [7, 11) is 0. The molecular formula is C9H17NO2. The van der Waals surface area contributed by atoms with Crippen molar-refractivity contribution in [1.82, 2.24) is 5.32 Å². The third-order valence-electron chi connectivity index (χ3n) is 2.55. The largest absolute Gasteiger partial charge is 0.480 e. The molecule has 0 aromatic heterocycles. The number of carboxylic acids is 1. The molecule has 3 atom stereocenters. The summed E-state index contributed by atoms with van der Waals surface area (Å²) in [5.41, 5.74) is 0. The molecular weight excluding hydrogens is 154 g/mol. The van der Waals surface area contributed by atoms with Gasteiger partial charge in [0.15, 0.2) is 0 Å². The lowest BCUT2D eigenvalue weighted by molar-refractivity contribution is -0.139.